The van der Waals surface area contributed by atoms with Gasteiger partial charge >= 0.3 is 0 Å². The second kappa shape index (κ2) is 8.44. The van der Waals surface area contributed by atoms with Crippen LogP contribution in [0.1, 0.15) is 22.5 Å². The Hall–Kier alpha value is -4.52. The first-order valence-corrected chi connectivity index (χ1v) is 11.1. The van der Waals surface area contributed by atoms with Crippen LogP contribution in [0.2, 0.25) is 0 Å². The van der Waals surface area contributed by atoms with Crippen LogP contribution in [0.15, 0.2) is 79.4 Å². The zero-order valence-electron chi connectivity index (χ0n) is 18.3. The Morgan fingerprint density at radius 1 is 0.824 bits per heavy atom. The van der Waals surface area contributed by atoms with E-state index in [4.69, 9.17) is 4.74 Å². The van der Waals surface area contributed by atoms with Gasteiger partial charge in [0.15, 0.2) is 5.69 Å². The summed E-state index contributed by atoms with van der Waals surface area (Å²) in [5.41, 5.74) is 6.76. The Morgan fingerprint density at radius 3 is 2.62 bits per heavy atom. The van der Waals surface area contributed by atoms with E-state index in [-0.39, 0.29) is 5.91 Å². The van der Waals surface area contributed by atoms with E-state index in [2.05, 4.69) is 37.6 Å². The van der Waals surface area contributed by atoms with Crippen LogP contribution >= 0.6 is 0 Å². The molecule has 1 aliphatic heterocycles. The standard InChI is InChI=1S/C27H21N5O2/c33-27-26-24-12-19(6-7-25(24)31-32-26)21-11-23(16-29-14-21)34-8-2-4-17-3-1-5-18(9-17)20-10-22(30-27)15-28-13-20/h1,3,5-7,9-16H,2,4,8H2,(H,30,33)(H,31,32). The predicted molar refractivity (Wildman–Crippen MR) is 131 cm³/mol. The Labute approximate surface area is 195 Å². The Morgan fingerprint density at radius 2 is 1.68 bits per heavy atom. The van der Waals surface area contributed by atoms with E-state index in [1.54, 1.807) is 24.8 Å². The highest BCUT2D eigenvalue weighted by atomic mass is 16.5. The summed E-state index contributed by atoms with van der Waals surface area (Å²) >= 11 is 0. The molecule has 0 unspecified atom stereocenters. The molecule has 7 nitrogen and oxygen atoms in total. The van der Waals surface area contributed by atoms with E-state index in [0.29, 0.717) is 18.0 Å². The number of nitrogens with zero attached hydrogens (tertiary/aromatic N) is 3. The number of hydrogen-bond donors (Lipinski definition) is 2. The molecule has 34 heavy (non-hydrogen) atoms. The molecule has 0 fully saturated rings. The molecule has 4 heterocycles. The van der Waals surface area contributed by atoms with E-state index >= 15 is 0 Å². The average Bonchev–Trinajstić information content (AvgIpc) is 3.30. The van der Waals surface area contributed by atoms with Gasteiger partial charge < -0.3 is 10.1 Å². The van der Waals surface area contributed by atoms with Gasteiger partial charge in [-0.25, -0.2) is 0 Å². The Balaban J connectivity index is 1.45. The molecule has 0 radical (unpaired) electrons. The summed E-state index contributed by atoms with van der Waals surface area (Å²) in [6, 6.07) is 18.1. The zero-order chi connectivity index (χ0) is 22.9. The SMILES string of the molecule is O=C1Nc2cncc(c2)-c2cccc(c2)CCCOc2cncc(c2)-c2ccc3[nH]nc1c3c2. The first-order valence-electron chi connectivity index (χ1n) is 11.1. The number of benzene rings is 2. The maximum atomic E-state index is 13.1. The van der Waals surface area contributed by atoms with Gasteiger partial charge in [0.2, 0.25) is 0 Å². The van der Waals surface area contributed by atoms with Crippen LogP contribution in [0.4, 0.5) is 5.69 Å². The minimum absolute atomic E-state index is 0.302. The molecule has 3 aromatic heterocycles. The summed E-state index contributed by atoms with van der Waals surface area (Å²) in [6.45, 7) is 0.593. The van der Waals surface area contributed by atoms with Crippen molar-refractivity contribution in [1.29, 1.82) is 0 Å². The smallest absolute Gasteiger partial charge is 0.276 e. The first-order chi connectivity index (χ1) is 16.7. The van der Waals surface area contributed by atoms with E-state index in [1.165, 1.54) is 5.56 Å². The number of H-pyrrole nitrogens is 1. The van der Waals surface area contributed by atoms with Gasteiger partial charge in [0.05, 0.1) is 30.2 Å². The number of carbonyl (C=O) groups excluding carboxylic acids is 1. The van der Waals surface area contributed by atoms with E-state index < -0.39 is 0 Å². The van der Waals surface area contributed by atoms with Crippen molar-refractivity contribution in [2.75, 3.05) is 11.9 Å². The lowest BCUT2D eigenvalue weighted by Gasteiger charge is -2.09. The number of aryl methyl sites for hydroxylation is 1. The monoisotopic (exact) mass is 447 g/mol. The van der Waals surface area contributed by atoms with Crippen molar-refractivity contribution in [1.82, 2.24) is 20.2 Å². The number of rotatable bonds is 0. The molecule has 6 rings (SSSR count). The third-order valence-electron chi connectivity index (χ3n) is 5.96. The molecule has 2 N–H and O–H groups in total. The van der Waals surface area contributed by atoms with Crippen LogP contribution in [0.5, 0.6) is 5.75 Å². The van der Waals surface area contributed by atoms with Gasteiger partial charge in [0, 0.05) is 28.9 Å². The molecular formula is C27H21N5O2. The third-order valence-corrected chi connectivity index (χ3v) is 5.96. The van der Waals surface area contributed by atoms with Crippen molar-refractivity contribution in [3.63, 3.8) is 0 Å². The fourth-order valence-corrected chi connectivity index (χ4v) is 4.25. The first kappa shape index (κ1) is 20.1. The number of ether oxygens (including phenoxy) is 1. The summed E-state index contributed by atoms with van der Waals surface area (Å²) < 4.78 is 5.99. The molecular weight excluding hydrogens is 426 g/mol. The normalized spacial score (nSPS) is 13.5. The number of anilines is 1. The fraction of sp³-hybridized carbons (Fsp3) is 0.111. The van der Waals surface area contributed by atoms with Gasteiger partial charge in [-0.15, -0.1) is 0 Å². The summed E-state index contributed by atoms with van der Waals surface area (Å²) in [4.78, 5) is 21.8. The highest BCUT2D eigenvalue weighted by Crippen LogP contribution is 2.28. The van der Waals surface area contributed by atoms with Gasteiger partial charge in [-0.3, -0.25) is 19.9 Å². The average molecular weight is 447 g/mol. The molecule has 7 heteroatoms. The third kappa shape index (κ3) is 3.88. The maximum absolute atomic E-state index is 13.1. The molecule has 0 atom stereocenters. The van der Waals surface area contributed by atoms with Gasteiger partial charge in [0.25, 0.3) is 5.91 Å². The molecule has 1 aliphatic rings. The van der Waals surface area contributed by atoms with Crippen LogP contribution in [0, 0.1) is 0 Å². The van der Waals surface area contributed by atoms with Crippen molar-refractivity contribution >= 4 is 22.5 Å². The van der Waals surface area contributed by atoms with Gasteiger partial charge in [-0.2, -0.15) is 5.10 Å². The summed E-state index contributed by atoms with van der Waals surface area (Å²) in [7, 11) is 0. The number of aromatic nitrogens is 4. The molecule has 0 saturated heterocycles. The number of pyridine rings is 2. The predicted octanol–water partition coefficient (Wildman–Crippen LogP) is 5.26. The van der Waals surface area contributed by atoms with Gasteiger partial charge in [-0.05, 0) is 53.8 Å². The summed E-state index contributed by atoms with van der Waals surface area (Å²) in [5, 5.41) is 10.9. The largest absolute Gasteiger partial charge is 0.492 e. The van der Waals surface area contributed by atoms with Crippen LogP contribution in [0.25, 0.3) is 33.2 Å². The molecule has 1 amide bonds. The second-order valence-electron chi connectivity index (χ2n) is 8.31. The van der Waals surface area contributed by atoms with Crippen LogP contribution < -0.4 is 10.1 Å². The quantitative estimate of drug-likeness (QED) is 0.338. The molecule has 0 aliphatic carbocycles. The molecule has 166 valence electrons. The molecule has 0 spiro atoms. The number of fused-ring (bicyclic) bond motifs is 9. The maximum Gasteiger partial charge on any atom is 0.276 e. The van der Waals surface area contributed by atoms with Crippen molar-refractivity contribution in [2.45, 2.75) is 12.8 Å². The lowest BCUT2D eigenvalue weighted by Crippen LogP contribution is -2.13. The Bertz CT molecular complexity index is 1520. The van der Waals surface area contributed by atoms with Gasteiger partial charge in [0.1, 0.15) is 5.75 Å². The molecule has 0 saturated carbocycles. The number of nitrogens with one attached hydrogen (secondary N) is 2. The van der Waals surface area contributed by atoms with E-state index in [1.807, 2.05) is 42.5 Å². The van der Waals surface area contributed by atoms with Crippen molar-refractivity contribution in [3.05, 3.63) is 90.6 Å². The van der Waals surface area contributed by atoms with E-state index in [0.717, 1.165) is 51.7 Å². The molecule has 8 bridgehead atoms. The van der Waals surface area contributed by atoms with Crippen molar-refractivity contribution in [2.24, 2.45) is 0 Å². The Kier molecular flexibility index (Phi) is 4.99. The number of carbonyl (C=O) groups is 1. The van der Waals surface area contributed by atoms with Crippen LogP contribution in [-0.2, 0) is 6.42 Å². The van der Waals surface area contributed by atoms with Crippen LogP contribution in [-0.4, -0.2) is 32.7 Å². The molecule has 2 aromatic carbocycles. The second-order valence-corrected chi connectivity index (χ2v) is 8.31. The minimum atomic E-state index is -0.302. The van der Waals surface area contributed by atoms with E-state index in [9.17, 15) is 4.79 Å². The van der Waals surface area contributed by atoms with Crippen molar-refractivity contribution in [3.8, 4) is 28.0 Å². The topological polar surface area (TPSA) is 92.8 Å². The zero-order valence-corrected chi connectivity index (χ0v) is 18.3. The number of amides is 1. The highest BCUT2D eigenvalue weighted by molar-refractivity contribution is 6.11. The summed E-state index contributed by atoms with van der Waals surface area (Å²) in [6.07, 6.45) is 8.73. The molecule has 5 aromatic rings. The van der Waals surface area contributed by atoms with Crippen molar-refractivity contribution < 1.29 is 9.53 Å². The van der Waals surface area contributed by atoms with Crippen LogP contribution in [0.3, 0.4) is 0 Å². The minimum Gasteiger partial charge on any atom is -0.492 e. The number of aromatic amines is 1. The number of hydrogen-bond acceptors (Lipinski definition) is 5. The highest BCUT2D eigenvalue weighted by Gasteiger charge is 2.16. The fourth-order valence-electron chi connectivity index (χ4n) is 4.25. The lowest BCUT2D eigenvalue weighted by atomic mass is 10.0. The van der Waals surface area contributed by atoms with Gasteiger partial charge in [-0.1, -0.05) is 30.3 Å². The lowest BCUT2D eigenvalue weighted by molar-refractivity contribution is 0.102. The summed E-state index contributed by atoms with van der Waals surface area (Å²) in [5.74, 6) is 0.417.